The predicted octanol–water partition coefficient (Wildman–Crippen LogP) is 5.25. The largest absolute Gasteiger partial charge is 0.346 e. The second-order valence-corrected chi connectivity index (χ2v) is 10.2. The van der Waals surface area contributed by atoms with Gasteiger partial charge in [0.05, 0.1) is 25.1 Å². The molecule has 1 nitrogen and oxygen atoms in total. The molecule has 0 spiro atoms. The van der Waals surface area contributed by atoms with Gasteiger partial charge in [0.25, 0.3) is 0 Å². The maximum absolute atomic E-state index is 6.16. The Morgan fingerprint density at radius 2 is 1.18 bits per heavy atom. The van der Waals surface area contributed by atoms with E-state index in [1.54, 1.807) is 0 Å². The molecule has 0 saturated carbocycles. The smallest absolute Gasteiger partial charge is 0.157 e. The molecule has 0 aromatic heterocycles. The van der Waals surface area contributed by atoms with Crippen LogP contribution in [0.1, 0.15) is 60.8 Å². The van der Waals surface area contributed by atoms with Crippen LogP contribution in [0.2, 0.25) is 0 Å². The zero-order valence-electron chi connectivity index (χ0n) is 13.0. The van der Waals surface area contributed by atoms with Crippen LogP contribution in [0.25, 0.3) is 0 Å². The lowest BCUT2D eigenvalue weighted by Crippen LogP contribution is -2.26. The maximum Gasteiger partial charge on any atom is 0.157 e. The van der Waals surface area contributed by atoms with Crippen molar-refractivity contribution in [2.45, 2.75) is 60.8 Å². The SMILES string of the molecule is CCC(CC)(CC)COC[P+](CC)(CC)CC. The third-order valence-electron chi connectivity index (χ3n) is 5.04. The summed E-state index contributed by atoms with van der Waals surface area (Å²) in [5.74, 6) is 0. The Hall–Kier alpha value is 0.390. The molecule has 0 aromatic rings. The highest BCUT2D eigenvalue weighted by atomic mass is 31.2. The predicted molar refractivity (Wildman–Crippen MR) is 82.7 cm³/mol. The fourth-order valence-corrected chi connectivity index (χ4v) is 4.82. The van der Waals surface area contributed by atoms with Crippen molar-refractivity contribution in [3.8, 4) is 0 Å². The van der Waals surface area contributed by atoms with Gasteiger partial charge >= 0.3 is 0 Å². The van der Waals surface area contributed by atoms with Crippen molar-refractivity contribution in [1.29, 1.82) is 0 Å². The van der Waals surface area contributed by atoms with Crippen molar-refractivity contribution in [2.24, 2.45) is 5.41 Å². The summed E-state index contributed by atoms with van der Waals surface area (Å²) in [6.45, 7) is 14.9. The van der Waals surface area contributed by atoms with Gasteiger partial charge in [0.1, 0.15) is 0 Å². The maximum atomic E-state index is 6.16. The van der Waals surface area contributed by atoms with Gasteiger partial charge in [-0.25, -0.2) is 0 Å². The van der Waals surface area contributed by atoms with Crippen LogP contribution >= 0.6 is 7.26 Å². The van der Waals surface area contributed by atoms with Gasteiger partial charge in [0.2, 0.25) is 0 Å². The van der Waals surface area contributed by atoms with E-state index >= 15 is 0 Å². The highest BCUT2D eigenvalue weighted by Crippen LogP contribution is 2.57. The summed E-state index contributed by atoms with van der Waals surface area (Å²) in [5, 5.41) is 0. The summed E-state index contributed by atoms with van der Waals surface area (Å²) < 4.78 is 6.16. The molecule has 0 N–H and O–H groups in total. The molecule has 0 aliphatic heterocycles. The van der Waals surface area contributed by atoms with Crippen LogP contribution in [0.3, 0.4) is 0 Å². The van der Waals surface area contributed by atoms with Gasteiger partial charge in [-0.3, -0.25) is 0 Å². The van der Waals surface area contributed by atoms with Crippen LogP contribution < -0.4 is 0 Å². The summed E-state index contributed by atoms with van der Waals surface area (Å²) in [5.41, 5.74) is 0.435. The molecule has 0 rings (SSSR count). The quantitative estimate of drug-likeness (QED) is 0.488. The third kappa shape index (κ3) is 4.87. The van der Waals surface area contributed by atoms with Gasteiger partial charge in [-0.2, -0.15) is 0 Å². The van der Waals surface area contributed by atoms with E-state index in [0.29, 0.717) is 5.41 Å². The molecule has 0 atom stereocenters. The summed E-state index contributed by atoms with van der Waals surface area (Å²) in [7, 11) is -0.779. The van der Waals surface area contributed by atoms with Crippen LogP contribution in [0, 0.1) is 5.41 Å². The van der Waals surface area contributed by atoms with Gasteiger partial charge in [-0.05, 0) is 45.4 Å². The monoisotopic (exact) mass is 261 g/mol. The molecular formula is C15H34OP+. The zero-order valence-corrected chi connectivity index (χ0v) is 13.9. The Kier molecular flexibility index (Phi) is 8.68. The second kappa shape index (κ2) is 8.48. The van der Waals surface area contributed by atoms with E-state index in [-0.39, 0.29) is 0 Å². The lowest BCUT2D eigenvalue weighted by atomic mass is 9.81. The van der Waals surface area contributed by atoms with Crippen LogP contribution in [-0.4, -0.2) is 31.4 Å². The molecule has 0 unspecified atom stereocenters. The van der Waals surface area contributed by atoms with Crippen LogP contribution in [0.4, 0.5) is 0 Å². The van der Waals surface area contributed by atoms with E-state index in [1.165, 1.54) is 37.7 Å². The van der Waals surface area contributed by atoms with Crippen LogP contribution in [0.15, 0.2) is 0 Å². The molecule has 0 aromatic carbocycles. The van der Waals surface area contributed by atoms with E-state index in [2.05, 4.69) is 41.5 Å². The van der Waals surface area contributed by atoms with Gasteiger partial charge in [0.15, 0.2) is 6.35 Å². The molecule has 0 fully saturated rings. The lowest BCUT2D eigenvalue weighted by Gasteiger charge is -2.31. The first-order valence-corrected chi connectivity index (χ1v) is 10.0. The lowest BCUT2D eigenvalue weighted by molar-refractivity contribution is 0.0584. The van der Waals surface area contributed by atoms with Crippen molar-refractivity contribution in [2.75, 3.05) is 31.4 Å². The molecule has 0 radical (unpaired) electrons. The molecular weight excluding hydrogens is 227 g/mol. The average molecular weight is 261 g/mol. The standard InChI is InChI=1S/C15H34OP/c1-7-15(8-2,9-3)13-16-14-17(10-4,11-5)12-6/h7-14H2,1-6H3/q+1. The number of hydrogen-bond donors (Lipinski definition) is 0. The fourth-order valence-electron chi connectivity index (χ4n) is 2.46. The van der Waals surface area contributed by atoms with Crippen molar-refractivity contribution in [3.05, 3.63) is 0 Å². The topological polar surface area (TPSA) is 9.23 Å². The zero-order chi connectivity index (χ0) is 13.4. The highest BCUT2D eigenvalue weighted by molar-refractivity contribution is 7.75. The molecule has 2 heteroatoms. The molecule has 0 amide bonds. The minimum atomic E-state index is -0.779. The van der Waals surface area contributed by atoms with E-state index in [0.717, 1.165) is 13.0 Å². The molecule has 17 heavy (non-hydrogen) atoms. The number of rotatable bonds is 10. The molecule has 104 valence electrons. The first-order chi connectivity index (χ1) is 8.07. The molecule has 0 bridgehead atoms. The van der Waals surface area contributed by atoms with Crippen molar-refractivity contribution in [3.63, 3.8) is 0 Å². The number of hydrogen-bond acceptors (Lipinski definition) is 1. The summed E-state index contributed by atoms with van der Waals surface area (Å²) in [6, 6.07) is 0. The summed E-state index contributed by atoms with van der Waals surface area (Å²) in [4.78, 5) is 0. The minimum absolute atomic E-state index is 0.435. The first kappa shape index (κ1) is 17.4. The average Bonchev–Trinajstić information content (AvgIpc) is 2.41. The third-order valence-corrected chi connectivity index (χ3v) is 9.79. The molecule has 0 aliphatic carbocycles. The Morgan fingerprint density at radius 3 is 1.47 bits per heavy atom. The van der Waals surface area contributed by atoms with Gasteiger partial charge in [0, 0.05) is 7.26 Å². The van der Waals surface area contributed by atoms with Crippen molar-refractivity contribution >= 4 is 7.26 Å². The van der Waals surface area contributed by atoms with Gasteiger partial charge in [-0.1, -0.05) is 20.8 Å². The minimum Gasteiger partial charge on any atom is -0.346 e. The van der Waals surface area contributed by atoms with E-state index in [9.17, 15) is 0 Å². The summed E-state index contributed by atoms with van der Waals surface area (Å²) >= 11 is 0. The normalized spacial score (nSPS) is 13.1. The molecule has 0 saturated heterocycles. The number of ether oxygens (including phenoxy) is 1. The first-order valence-electron chi connectivity index (χ1n) is 7.50. The summed E-state index contributed by atoms with van der Waals surface area (Å²) in [6.07, 6.45) is 8.83. The Bertz CT molecular complexity index is 147. The van der Waals surface area contributed by atoms with Crippen LogP contribution in [-0.2, 0) is 4.74 Å². The fraction of sp³-hybridized carbons (Fsp3) is 1.00. The van der Waals surface area contributed by atoms with Crippen molar-refractivity contribution in [1.82, 2.24) is 0 Å². The van der Waals surface area contributed by atoms with Crippen molar-refractivity contribution < 1.29 is 4.74 Å². The van der Waals surface area contributed by atoms with E-state index in [4.69, 9.17) is 4.74 Å². The highest BCUT2D eigenvalue weighted by Gasteiger charge is 2.33. The van der Waals surface area contributed by atoms with E-state index in [1.807, 2.05) is 0 Å². The Morgan fingerprint density at radius 1 is 0.765 bits per heavy atom. The Balaban J connectivity index is 4.28. The van der Waals surface area contributed by atoms with Gasteiger partial charge < -0.3 is 4.74 Å². The van der Waals surface area contributed by atoms with Crippen LogP contribution in [0.5, 0.6) is 0 Å². The van der Waals surface area contributed by atoms with E-state index < -0.39 is 7.26 Å². The molecule has 0 aliphatic rings. The molecule has 0 heterocycles. The Labute approximate surface area is 110 Å². The van der Waals surface area contributed by atoms with Gasteiger partial charge in [-0.15, -0.1) is 0 Å². The second-order valence-electron chi connectivity index (χ2n) is 5.33.